The molecule has 1 aliphatic rings. The van der Waals surface area contributed by atoms with Crippen LogP contribution in [0.4, 0.5) is 0 Å². The van der Waals surface area contributed by atoms with E-state index in [1.54, 1.807) is 11.3 Å². The molecule has 0 radical (unpaired) electrons. The Morgan fingerprint density at radius 2 is 2.16 bits per heavy atom. The van der Waals surface area contributed by atoms with Gasteiger partial charge in [0, 0.05) is 54.1 Å². The van der Waals surface area contributed by atoms with Gasteiger partial charge in [-0.3, -0.25) is 0 Å². The van der Waals surface area contributed by atoms with Gasteiger partial charge in [0.05, 0.1) is 10.7 Å². The van der Waals surface area contributed by atoms with Crippen LogP contribution in [0.15, 0.2) is 35.8 Å². The lowest BCUT2D eigenvalue weighted by Crippen LogP contribution is -2.39. The summed E-state index contributed by atoms with van der Waals surface area (Å²) in [6, 6.07) is 8.50. The number of aryl methyl sites for hydroxylation is 1. The number of thiazole rings is 1. The van der Waals surface area contributed by atoms with Gasteiger partial charge >= 0.3 is 0 Å². The van der Waals surface area contributed by atoms with Crippen LogP contribution in [0.2, 0.25) is 0 Å². The summed E-state index contributed by atoms with van der Waals surface area (Å²) in [4.78, 5) is 4.83. The average molecular weight is 269 g/mol. The van der Waals surface area contributed by atoms with Crippen molar-refractivity contribution in [2.45, 2.75) is 5.92 Å². The fourth-order valence-corrected chi connectivity index (χ4v) is 3.53. The maximum atomic E-state index is 4.83. The van der Waals surface area contributed by atoms with E-state index in [1.807, 2.05) is 0 Å². The second-order valence-electron chi connectivity index (χ2n) is 5.10. The second-order valence-corrected chi connectivity index (χ2v) is 5.99. The first kappa shape index (κ1) is 11.2. The van der Waals surface area contributed by atoms with Crippen LogP contribution >= 0.6 is 11.3 Å². The van der Waals surface area contributed by atoms with E-state index in [0.717, 1.165) is 18.8 Å². The number of nitrogens with zero attached hydrogens (tertiary/aromatic N) is 2. The van der Waals surface area contributed by atoms with E-state index in [0.29, 0.717) is 5.92 Å². The Balaban J connectivity index is 1.83. The van der Waals surface area contributed by atoms with Crippen molar-refractivity contribution in [3.05, 3.63) is 40.8 Å². The van der Waals surface area contributed by atoms with Gasteiger partial charge in [-0.25, -0.2) is 4.98 Å². The molecule has 4 rings (SSSR count). The summed E-state index contributed by atoms with van der Waals surface area (Å²) in [5, 5.41) is 8.05. The van der Waals surface area contributed by atoms with Gasteiger partial charge in [0.1, 0.15) is 0 Å². The fraction of sp³-hybridized carbons (Fsp3) is 0.267. The molecule has 1 fully saturated rings. The van der Waals surface area contributed by atoms with Crippen LogP contribution in [-0.2, 0) is 7.05 Å². The normalized spacial score (nSPS) is 15.8. The van der Waals surface area contributed by atoms with E-state index in [-0.39, 0.29) is 0 Å². The first-order valence-corrected chi connectivity index (χ1v) is 7.41. The highest BCUT2D eigenvalue weighted by atomic mass is 32.1. The highest BCUT2D eigenvalue weighted by Crippen LogP contribution is 2.33. The maximum Gasteiger partial charge on any atom is 0.0989 e. The van der Waals surface area contributed by atoms with E-state index in [2.05, 4.69) is 52.8 Å². The van der Waals surface area contributed by atoms with Crippen molar-refractivity contribution in [3.8, 4) is 11.3 Å². The molecule has 0 unspecified atom stereocenters. The summed E-state index contributed by atoms with van der Waals surface area (Å²) >= 11 is 1.79. The Kier molecular flexibility index (Phi) is 2.47. The quantitative estimate of drug-likeness (QED) is 0.775. The second kappa shape index (κ2) is 4.18. The minimum Gasteiger partial charge on any atom is -0.350 e. The van der Waals surface area contributed by atoms with Crippen LogP contribution < -0.4 is 5.32 Å². The van der Waals surface area contributed by atoms with Gasteiger partial charge in [-0.15, -0.1) is 11.3 Å². The number of para-hydroxylation sites is 1. The van der Waals surface area contributed by atoms with Gasteiger partial charge in [-0.1, -0.05) is 18.2 Å². The number of hydrogen-bond donors (Lipinski definition) is 1. The molecule has 19 heavy (non-hydrogen) atoms. The van der Waals surface area contributed by atoms with Crippen LogP contribution in [0.5, 0.6) is 0 Å². The topological polar surface area (TPSA) is 29.9 Å². The largest absolute Gasteiger partial charge is 0.350 e. The fourth-order valence-electron chi connectivity index (χ4n) is 2.61. The lowest BCUT2D eigenvalue weighted by Gasteiger charge is -2.24. The molecule has 0 atom stereocenters. The number of rotatable bonds is 2. The third kappa shape index (κ3) is 1.71. The van der Waals surface area contributed by atoms with Gasteiger partial charge in [-0.05, 0) is 6.07 Å². The van der Waals surface area contributed by atoms with Crippen molar-refractivity contribution >= 4 is 22.2 Å². The molecule has 1 aliphatic heterocycles. The molecule has 1 N–H and O–H groups in total. The van der Waals surface area contributed by atoms with Gasteiger partial charge in [0.2, 0.25) is 0 Å². The number of nitrogens with one attached hydrogen (secondary N) is 1. The minimum atomic E-state index is 0.619. The monoisotopic (exact) mass is 269 g/mol. The van der Waals surface area contributed by atoms with Crippen LogP contribution in [-0.4, -0.2) is 22.6 Å². The van der Waals surface area contributed by atoms with Crippen molar-refractivity contribution in [2.24, 2.45) is 7.05 Å². The molecule has 3 aromatic rings. The van der Waals surface area contributed by atoms with E-state index in [1.165, 1.54) is 21.5 Å². The predicted molar refractivity (Wildman–Crippen MR) is 79.6 cm³/mol. The number of benzene rings is 1. The van der Waals surface area contributed by atoms with Crippen molar-refractivity contribution < 1.29 is 0 Å². The SMILES string of the molecule is Cn1cc(-c2csc(C3CNC3)n2)c2ccccc21. The van der Waals surface area contributed by atoms with Crippen LogP contribution in [0.1, 0.15) is 10.9 Å². The molecule has 3 heterocycles. The molecule has 4 heteroatoms. The summed E-state index contributed by atoms with van der Waals surface area (Å²) in [7, 11) is 2.09. The number of fused-ring (bicyclic) bond motifs is 1. The summed E-state index contributed by atoms with van der Waals surface area (Å²) in [5.74, 6) is 0.619. The predicted octanol–water partition coefficient (Wildman–Crippen LogP) is 2.99. The molecule has 1 saturated heterocycles. The van der Waals surface area contributed by atoms with Crippen molar-refractivity contribution in [1.29, 1.82) is 0 Å². The molecule has 3 nitrogen and oxygen atoms in total. The smallest absolute Gasteiger partial charge is 0.0989 e. The third-order valence-corrected chi connectivity index (χ3v) is 4.83. The Hall–Kier alpha value is -1.65. The number of aromatic nitrogens is 2. The van der Waals surface area contributed by atoms with E-state index >= 15 is 0 Å². The van der Waals surface area contributed by atoms with Crippen LogP contribution in [0.3, 0.4) is 0 Å². The Morgan fingerprint density at radius 1 is 1.32 bits per heavy atom. The minimum absolute atomic E-state index is 0.619. The molecule has 2 aromatic heterocycles. The summed E-state index contributed by atoms with van der Waals surface area (Å²) in [5.41, 5.74) is 3.62. The molecule has 0 spiro atoms. The Morgan fingerprint density at radius 3 is 2.95 bits per heavy atom. The molecule has 0 amide bonds. The maximum absolute atomic E-state index is 4.83. The van der Waals surface area contributed by atoms with Gasteiger partial charge < -0.3 is 9.88 Å². The third-order valence-electron chi connectivity index (χ3n) is 3.83. The Labute approximate surface area is 115 Å². The molecular weight excluding hydrogens is 254 g/mol. The van der Waals surface area contributed by atoms with E-state index in [9.17, 15) is 0 Å². The van der Waals surface area contributed by atoms with E-state index in [4.69, 9.17) is 4.98 Å². The van der Waals surface area contributed by atoms with Crippen molar-refractivity contribution in [3.63, 3.8) is 0 Å². The first-order valence-electron chi connectivity index (χ1n) is 6.53. The molecule has 1 aromatic carbocycles. The highest BCUT2D eigenvalue weighted by Gasteiger charge is 2.22. The van der Waals surface area contributed by atoms with Crippen LogP contribution in [0, 0.1) is 0 Å². The van der Waals surface area contributed by atoms with Gasteiger partial charge in [-0.2, -0.15) is 0 Å². The summed E-state index contributed by atoms with van der Waals surface area (Å²) in [6.45, 7) is 2.14. The molecule has 0 bridgehead atoms. The number of hydrogen-bond acceptors (Lipinski definition) is 3. The van der Waals surface area contributed by atoms with Gasteiger partial charge in [0.25, 0.3) is 0 Å². The van der Waals surface area contributed by atoms with E-state index < -0.39 is 0 Å². The molecule has 0 saturated carbocycles. The highest BCUT2D eigenvalue weighted by molar-refractivity contribution is 7.10. The molecular formula is C15H15N3S. The standard InChI is InChI=1S/C15H15N3S/c1-18-8-12(11-4-2-3-5-14(11)18)13-9-19-15(17-13)10-6-16-7-10/h2-5,8-10,16H,6-7H2,1H3. The lowest BCUT2D eigenvalue weighted by molar-refractivity contribution is 0.447. The zero-order chi connectivity index (χ0) is 12.8. The zero-order valence-corrected chi connectivity index (χ0v) is 11.6. The lowest BCUT2D eigenvalue weighted by atomic mass is 10.1. The van der Waals surface area contributed by atoms with Crippen molar-refractivity contribution in [2.75, 3.05) is 13.1 Å². The average Bonchev–Trinajstić information content (AvgIpc) is 2.94. The van der Waals surface area contributed by atoms with Gasteiger partial charge in [0.15, 0.2) is 0 Å². The van der Waals surface area contributed by atoms with Crippen molar-refractivity contribution in [1.82, 2.24) is 14.9 Å². The molecule has 0 aliphatic carbocycles. The zero-order valence-electron chi connectivity index (χ0n) is 10.8. The van der Waals surface area contributed by atoms with Crippen LogP contribution in [0.25, 0.3) is 22.2 Å². The Bertz CT molecular complexity index is 737. The first-order chi connectivity index (χ1) is 9.33. The molecule has 96 valence electrons. The summed E-state index contributed by atoms with van der Waals surface area (Å²) < 4.78 is 2.18. The summed E-state index contributed by atoms with van der Waals surface area (Å²) in [6.07, 6.45) is 2.18.